The van der Waals surface area contributed by atoms with E-state index >= 15 is 0 Å². The molecule has 23 heavy (non-hydrogen) atoms. The number of carboxylic acid groups (broad SMARTS) is 1. The second-order valence-corrected chi connectivity index (χ2v) is 6.63. The zero-order chi connectivity index (χ0) is 17.2. The van der Waals surface area contributed by atoms with Crippen molar-refractivity contribution in [3.8, 4) is 5.75 Å². The Bertz CT molecular complexity index is 576. The van der Waals surface area contributed by atoms with Crippen molar-refractivity contribution in [2.24, 2.45) is 0 Å². The number of likely N-dealkylation sites (tertiary alicyclic amines) is 1. The SMILES string of the molecule is COc1ccc([C@@H]2CCN(C(=O)OC(C)(C)C)[C@H]2C(=O)O)cc1. The summed E-state index contributed by atoms with van der Waals surface area (Å²) in [6.07, 6.45) is 0.00336. The number of rotatable bonds is 3. The number of hydrogen-bond donors (Lipinski definition) is 1. The number of carbonyl (C=O) groups is 2. The zero-order valence-corrected chi connectivity index (χ0v) is 13.9. The van der Waals surface area contributed by atoms with Crippen molar-refractivity contribution in [3.05, 3.63) is 29.8 Å². The molecule has 6 heteroatoms. The Morgan fingerprint density at radius 1 is 1.22 bits per heavy atom. The topological polar surface area (TPSA) is 76.1 Å². The lowest BCUT2D eigenvalue weighted by atomic mass is 9.92. The molecule has 0 spiro atoms. The number of nitrogens with zero attached hydrogens (tertiary/aromatic N) is 1. The van der Waals surface area contributed by atoms with Crippen molar-refractivity contribution in [1.29, 1.82) is 0 Å². The van der Waals surface area contributed by atoms with Gasteiger partial charge in [-0.05, 0) is 44.9 Å². The van der Waals surface area contributed by atoms with Crippen LogP contribution in [-0.2, 0) is 9.53 Å². The van der Waals surface area contributed by atoms with Crippen LogP contribution >= 0.6 is 0 Å². The number of carbonyl (C=O) groups excluding carboxylic acids is 1. The highest BCUT2D eigenvalue weighted by atomic mass is 16.6. The molecule has 1 amide bonds. The van der Waals surface area contributed by atoms with E-state index in [-0.39, 0.29) is 5.92 Å². The molecule has 1 fully saturated rings. The molecule has 0 bridgehead atoms. The second-order valence-electron chi connectivity index (χ2n) is 6.63. The van der Waals surface area contributed by atoms with Crippen LogP contribution in [0.25, 0.3) is 0 Å². The number of aliphatic carboxylic acids is 1. The minimum absolute atomic E-state index is 0.258. The monoisotopic (exact) mass is 321 g/mol. The molecule has 1 aromatic carbocycles. The predicted octanol–water partition coefficient (Wildman–Crippen LogP) is 2.87. The summed E-state index contributed by atoms with van der Waals surface area (Å²) < 4.78 is 10.4. The molecule has 0 saturated carbocycles. The Kier molecular flexibility index (Phi) is 4.82. The summed E-state index contributed by atoms with van der Waals surface area (Å²) in [5, 5.41) is 9.59. The van der Waals surface area contributed by atoms with E-state index in [1.165, 1.54) is 4.90 Å². The summed E-state index contributed by atoms with van der Waals surface area (Å²) in [7, 11) is 1.58. The third kappa shape index (κ3) is 3.94. The molecular formula is C17H23NO5. The Morgan fingerprint density at radius 3 is 2.30 bits per heavy atom. The molecule has 0 unspecified atom stereocenters. The largest absolute Gasteiger partial charge is 0.497 e. The molecule has 0 radical (unpaired) electrons. The van der Waals surface area contributed by atoms with Gasteiger partial charge in [0, 0.05) is 12.5 Å². The van der Waals surface area contributed by atoms with E-state index in [9.17, 15) is 14.7 Å². The van der Waals surface area contributed by atoms with Gasteiger partial charge in [-0.2, -0.15) is 0 Å². The van der Waals surface area contributed by atoms with Gasteiger partial charge in [0.1, 0.15) is 17.4 Å². The van der Waals surface area contributed by atoms with Crippen LogP contribution in [0.15, 0.2) is 24.3 Å². The van der Waals surface area contributed by atoms with Crippen LogP contribution in [0.2, 0.25) is 0 Å². The predicted molar refractivity (Wildman–Crippen MR) is 84.7 cm³/mol. The highest BCUT2D eigenvalue weighted by Crippen LogP contribution is 2.35. The fourth-order valence-electron chi connectivity index (χ4n) is 2.82. The average molecular weight is 321 g/mol. The van der Waals surface area contributed by atoms with Gasteiger partial charge in [0.25, 0.3) is 0 Å². The number of carboxylic acids is 1. The number of amides is 1. The Hall–Kier alpha value is -2.24. The van der Waals surface area contributed by atoms with Crippen LogP contribution in [-0.4, -0.2) is 47.4 Å². The van der Waals surface area contributed by atoms with Crippen LogP contribution in [0, 0.1) is 0 Å². The van der Waals surface area contributed by atoms with E-state index in [0.29, 0.717) is 18.7 Å². The molecular weight excluding hydrogens is 298 g/mol. The van der Waals surface area contributed by atoms with Gasteiger partial charge in [-0.1, -0.05) is 12.1 Å². The standard InChI is InChI=1S/C17H23NO5/c1-17(2,3)23-16(21)18-10-9-13(14(18)15(19)20)11-5-7-12(22-4)8-6-11/h5-8,13-14H,9-10H2,1-4H3,(H,19,20)/t13-,14+/m0/s1. The summed E-state index contributed by atoms with van der Waals surface area (Å²) >= 11 is 0. The van der Waals surface area contributed by atoms with Crippen LogP contribution < -0.4 is 4.74 Å². The van der Waals surface area contributed by atoms with Gasteiger partial charge >= 0.3 is 12.1 Å². The highest BCUT2D eigenvalue weighted by Gasteiger charge is 2.44. The Balaban J connectivity index is 2.22. The first-order chi connectivity index (χ1) is 10.7. The number of ether oxygens (including phenoxy) is 2. The van der Waals surface area contributed by atoms with Gasteiger partial charge in [0.05, 0.1) is 7.11 Å². The Labute approximate surface area is 136 Å². The third-order valence-corrected chi connectivity index (χ3v) is 3.82. The van der Waals surface area contributed by atoms with E-state index < -0.39 is 23.7 Å². The molecule has 2 rings (SSSR count). The summed E-state index contributed by atoms with van der Waals surface area (Å²) in [6, 6.07) is 6.36. The van der Waals surface area contributed by atoms with Gasteiger partial charge in [-0.3, -0.25) is 4.90 Å². The first-order valence-corrected chi connectivity index (χ1v) is 7.59. The number of methoxy groups -OCH3 is 1. The smallest absolute Gasteiger partial charge is 0.411 e. The minimum atomic E-state index is -1.02. The molecule has 0 aromatic heterocycles. The maximum atomic E-state index is 12.3. The van der Waals surface area contributed by atoms with E-state index in [4.69, 9.17) is 9.47 Å². The summed E-state index contributed by atoms with van der Waals surface area (Å²) in [4.78, 5) is 25.3. The molecule has 1 heterocycles. The second kappa shape index (κ2) is 6.48. The molecule has 1 saturated heterocycles. The molecule has 2 atom stereocenters. The minimum Gasteiger partial charge on any atom is -0.497 e. The van der Waals surface area contributed by atoms with Crippen LogP contribution in [0.5, 0.6) is 5.75 Å². The summed E-state index contributed by atoms with van der Waals surface area (Å²) in [5.41, 5.74) is 0.225. The summed E-state index contributed by atoms with van der Waals surface area (Å²) in [5.74, 6) is -0.567. The molecule has 0 aliphatic carbocycles. The van der Waals surface area contributed by atoms with Gasteiger partial charge in [0.2, 0.25) is 0 Å². The molecule has 1 aliphatic rings. The van der Waals surface area contributed by atoms with E-state index in [1.54, 1.807) is 40.0 Å². The lowest BCUT2D eigenvalue weighted by Crippen LogP contribution is -2.45. The van der Waals surface area contributed by atoms with Crippen molar-refractivity contribution in [2.45, 2.75) is 44.8 Å². The van der Waals surface area contributed by atoms with Crippen molar-refractivity contribution in [1.82, 2.24) is 4.90 Å². The first kappa shape index (κ1) is 17.1. The molecule has 1 aromatic rings. The van der Waals surface area contributed by atoms with Crippen molar-refractivity contribution in [2.75, 3.05) is 13.7 Å². The summed E-state index contributed by atoms with van der Waals surface area (Å²) in [6.45, 7) is 5.65. The molecule has 126 valence electrons. The van der Waals surface area contributed by atoms with Gasteiger partial charge in [-0.25, -0.2) is 9.59 Å². The fraction of sp³-hybridized carbons (Fsp3) is 0.529. The van der Waals surface area contributed by atoms with Crippen molar-refractivity contribution < 1.29 is 24.2 Å². The number of hydrogen-bond acceptors (Lipinski definition) is 4. The van der Waals surface area contributed by atoms with Gasteiger partial charge < -0.3 is 14.6 Å². The fourth-order valence-corrected chi connectivity index (χ4v) is 2.82. The zero-order valence-electron chi connectivity index (χ0n) is 13.9. The normalized spacial score (nSPS) is 21.1. The first-order valence-electron chi connectivity index (χ1n) is 7.59. The lowest BCUT2D eigenvalue weighted by Gasteiger charge is -2.28. The van der Waals surface area contributed by atoms with E-state index in [0.717, 1.165) is 5.56 Å². The van der Waals surface area contributed by atoms with Crippen LogP contribution in [0.1, 0.15) is 38.7 Å². The average Bonchev–Trinajstić information content (AvgIpc) is 2.90. The maximum absolute atomic E-state index is 12.3. The van der Waals surface area contributed by atoms with Gasteiger partial charge in [-0.15, -0.1) is 0 Å². The quantitative estimate of drug-likeness (QED) is 0.926. The molecule has 6 nitrogen and oxygen atoms in total. The van der Waals surface area contributed by atoms with E-state index in [2.05, 4.69) is 0 Å². The highest BCUT2D eigenvalue weighted by molar-refractivity contribution is 5.82. The van der Waals surface area contributed by atoms with Crippen molar-refractivity contribution >= 4 is 12.1 Å². The van der Waals surface area contributed by atoms with Gasteiger partial charge in [0.15, 0.2) is 0 Å². The van der Waals surface area contributed by atoms with Crippen molar-refractivity contribution in [3.63, 3.8) is 0 Å². The number of benzene rings is 1. The van der Waals surface area contributed by atoms with Crippen LogP contribution in [0.3, 0.4) is 0 Å². The molecule has 1 N–H and O–H groups in total. The van der Waals surface area contributed by atoms with E-state index in [1.807, 2.05) is 12.1 Å². The maximum Gasteiger partial charge on any atom is 0.411 e. The Morgan fingerprint density at radius 2 is 1.83 bits per heavy atom. The lowest BCUT2D eigenvalue weighted by molar-refractivity contribution is -0.142. The third-order valence-electron chi connectivity index (χ3n) is 3.82. The molecule has 1 aliphatic heterocycles. The van der Waals surface area contributed by atoms with Crippen LogP contribution in [0.4, 0.5) is 4.79 Å².